The van der Waals surface area contributed by atoms with Crippen LogP contribution in [0.25, 0.3) is 0 Å². The summed E-state index contributed by atoms with van der Waals surface area (Å²) in [6.07, 6.45) is 6.84. The second-order valence-corrected chi connectivity index (χ2v) is 4.16. The van der Waals surface area contributed by atoms with Crippen molar-refractivity contribution in [3.8, 4) is 0 Å². The van der Waals surface area contributed by atoms with Crippen LogP contribution in [0.2, 0.25) is 0 Å². The number of rotatable bonds is 6. The third-order valence-corrected chi connectivity index (χ3v) is 2.86. The Morgan fingerprint density at radius 3 is 2.93 bits per heavy atom. The number of carbonyl (C=O) groups is 1. The molecule has 1 aliphatic rings. The fourth-order valence-electron chi connectivity index (χ4n) is 1.82. The molecule has 0 aromatic rings. The Morgan fingerprint density at radius 2 is 2.36 bits per heavy atom. The average Bonchev–Trinajstić information content (AvgIpc) is 2.64. The van der Waals surface area contributed by atoms with E-state index in [2.05, 4.69) is 0 Å². The van der Waals surface area contributed by atoms with Crippen molar-refractivity contribution in [2.75, 3.05) is 6.61 Å². The molecule has 0 spiro atoms. The van der Waals surface area contributed by atoms with Crippen molar-refractivity contribution in [3.05, 3.63) is 0 Å². The normalized spacial score (nSPS) is 23.6. The van der Waals surface area contributed by atoms with Crippen LogP contribution >= 0.6 is 0 Å². The maximum atomic E-state index is 10.5. The first kappa shape index (κ1) is 11.5. The molecule has 1 aliphatic heterocycles. The predicted octanol–water partition coefficient (Wildman–Crippen LogP) is 2.45. The molecule has 1 heterocycles. The number of ether oxygens (including phenoxy) is 1. The molecule has 1 fully saturated rings. The van der Waals surface area contributed by atoms with Crippen molar-refractivity contribution in [1.82, 2.24) is 0 Å². The first-order valence-corrected chi connectivity index (χ1v) is 5.54. The van der Waals surface area contributed by atoms with Crippen molar-refractivity contribution in [3.63, 3.8) is 0 Å². The predicted molar refractivity (Wildman–Crippen MR) is 54.2 cm³/mol. The van der Waals surface area contributed by atoms with E-state index in [0.717, 1.165) is 32.3 Å². The van der Waals surface area contributed by atoms with Gasteiger partial charge >= 0.3 is 5.97 Å². The molecule has 2 atom stereocenters. The van der Waals surface area contributed by atoms with E-state index < -0.39 is 5.97 Å². The summed E-state index contributed by atoms with van der Waals surface area (Å²) >= 11 is 0. The minimum Gasteiger partial charge on any atom is -0.481 e. The molecule has 0 bridgehead atoms. The van der Waals surface area contributed by atoms with Gasteiger partial charge in [0.2, 0.25) is 0 Å². The van der Waals surface area contributed by atoms with Crippen LogP contribution in [0.1, 0.15) is 45.4 Å². The molecule has 2 unspecified atom stereocenters. The summed E-state index contributed by atoms with van der Waals surface area (Å²) in [7, 11) is 0. The summed E-state index contributed by atoms with van der Waals surface area (Å²) in [4.78, 5) is 10.5. The number of carboxylic acid groups (broad SMARTS) is 1. The van der Waals surface area contributed by atoms with Crippen LogP contribution in [-0.2, 0) is 9.53 Å². The summed E-state index contributed by atoms with van der Waals surface area (Å²) in [5, 5.41) is 8.67. The highest BCUT2D eigenvalue weighted by molar-refractivity contribution is 5.69. The molecule has 3 nitrogen and oxygen atoms in total. The molecular weight excluding hydrogens is 180 g/mol. The molecule has 0 radical (unpaired) electrons. The lowest BCUT2D eigenvalue weighted by Crippen LogP contribution is -2.10. The van der Waals surface area contributed by atoms with Gasteiger partial charge in [-0.15, -0.1) is 0 Å². The van der Waals surface area contributed by atoms with E-state index >= 15 is 0 Å². The molecule has 3 heteroatoms. The van der Waals surface area contributed by atoms with Crippen molar-refractivity contribution < 1.29 is 14.6 Å². The molecule has 14 heavy (non-hydrogen) atoms. The largest absolute Gasteiger partial charge is 0.481 e. The number of unbranched alkanes of at least 4 members (excludes halogenated alkanes) is 1. The molecule has 82 valence electrons. The van der Waals surface area contributed by atoms with Gasteiger partial charge in [0, 0.05) is 6.61 Å². The molecule has 0 saturated carbocycles. The van der Waals surface area contributed by atoms with Crippen molar-refractivity contribution in [2.45, 2.75) is 51.6 Å². The highest BCUT2D eigenvalue weighted by Crippen LogP contribution is 2.19. The first-order valence-electron chi connectivity index (χ1n) is 5.54. The molecule has 1 rings (SSSR count). The lowest BCUT2D eigenvalue weighted by molar-refractivity contribution is -0.141. The van der Waals surface area contributed by atoms with E-state index in [-0.39, 0.29) is 5.92 Å². The summed E-state index contributed by atoms with van der Waals surface area (Å²) < 4.78 is 5.49. The fourth-order valence-corrected chi connectivity index (χ4v) is 1.82. The van der Waals surface area contributed by atoms with Gasteiger partial charge in [0.15, 0.2) is 0 Å². The first-order chi connectivity index (χ1) is 6.70. The van der Waals surface area contributed by atoms with Crippen LogP contribution in [0.15, 0.2) is 0 Å². The number of aliphatic carboxylic acids is 1. The van der Waals surface area contributed by atoms with Crippen molar-refractivity contribution in [2.24, 2.45) is 5.92 Å². The zero-order valence-electron chi connectivity index (χ0n) is 8.87. The Kier molecular flexibility index (Phi) is 4.94. The zero-order chi connectivity index (χ0) is 10.4. The smallest absolute Gasteiger partial charge is 0.306 e. The monoisotopic (exact) mass is 200 g/mol. The molecule has 1 saturated heterocycles. The minimum atomic E-state index is -0.679. The molecule has 0 aromatic carbocycles. The van der Waals surface area contributed by atoms with Crippen LogP contribution in [-0.4, -0.2) is 23.8 Å². The van der Waals surface area contributed by atoms with Crippen LogP contribution in [0.5, 0.6) is 0 Å². The second kappa shape index (κ2) is 6.02. The topological polar surface area (TPSA) is 46.5 Å². The Bertz CT molecular complexity index is 173. The van der Waals surface area contributed by atoms with E-state index in [4.69, 9.17) is 9.84 Å². The van der Waals surface area contributed by atoms with Crippen molar-refractivity contribution >= 4 is 5.97 Å². The summed E-state index contributed by atoms with van der Waals surface area (Å²) in [6, 6.07) is 0. The Labute approximate surface area is 85.5 Å². The third-order valence-electron chi connectivity index (χ3n) is 2.86. The van der Waals surface area contributed by atoms with Gasteiger partial charge in [-0.2, -0.15) is 0 Å². The van der Waals surface area contributed by atoms with Crippen LogP contribution < -0.4 is 0 Å². The number of hydrogen-bond acceptors (Lipinski definition) is 2. The molecule has 1 N–H and O–H groups in total. The van der Waals surface area contributed by atoms with Gasteiger partial charge in [0.1, 0.15) is 0 Å². The molecule has 0 aliphatic carbocycles. The number of carboxylic acids is 1. The highest BCUT2D eigenvalue weighted by Gasteiger charge is 2.15. The van der Waals surface area contributed by atoms with Crippen LogP contribution in [0.3, 0.4) is 0 Å². The molecule has 0 aromatic heterocycles. The Morgan fingerprint density at radius 1 is 1.57 bits per heavy atom. The summed E-state index contributed by atoms with van der Waals surface area (Å²) in [5.41, 5.74) is 0. The molecular formula is C11H20O3. The zero-order valence-corrected chi connectivity index (χ0v) is 8.87. The van der Waals surface area contributed by atoms with E-state index in [1.54, 1.807) is 6.92 Å². The number of hydrogen-bond donors (Lipinski definition) is 1. The lowest BCUT2D eigenvalue weighted by atomic mass is 10.0. The van der Waals surface area contributed by atoms with Gasteiger partial charge < -0.3 is 9.84 Å². The summed E-state index contributed by atoms with van der Waals surface area (Å²) in [5.74, 6) is -0.874. The minimum absolute atomic E-state index is 0.195. The Hall–Kier alpha value is -0.570. The van der Waals surface area contributed by atoms with Crippen molar-refractivity contribution in [1.29, 1.82) is 0 Å². The Balaban J connectivity index is 1.95. The lowest BCUT2D eigenvalue weighted by Gasteiger charge is -2.09. The van der Waals surface area contributed by atoms with Gasteiger partial charge in [-0.3, -0.25) is 4.79 Å². The van der Waals surface area contributed by atoms with E-state index in [1.165, 1.54) is 12.8 Å². The quantitative estimate of drug-likeness (QED) is 0.670. The van der Waals surface area contributed by atoms with Gasteiger partial charge in [0.25, 0.3) is 0 Å². The van der Waals surface area contributed by atoms with E-state index in [0.29, 0.717) is 6.10 Å². The fraction of sp³-hybridized carbons (Fsp3) is 0.909. The van der Waals surface area contributed by atoms with Crippen LogP contribution in [0, 0.1) is 5.92 Å². The van der Waals surface area contributed by atoms with E-state index in [1.807, 2.05) is 0 Å². The average molecular weight is 200 g/mol. The summed E-state index contributed by atoms with van der Waals surface area (Å²) in [6.45, 7) is 2.69. The van der Waals surface area contributed by atoms with Gasteiger partial charge in [-0.25, -0.2) is 0 Å². The highest BCUT2D eigenvalue weighted by atomic mass is 16.5. The molecule has 0 amide bonds. The maximum absolute atomic E-state index is 10.5. The van der Waals surface area contributed by atoms with Gasteiger partial charge in [0.05, 0.1) is 12.0 Å². The van der Waals surface area contributed by atoms with Gasteiger partial charge in [-0.1, -0.05) is 19.8 Å². The third kappa shape index (κ3) is 4.09. The van der Waals surface area contributed by atoms with Crippen LogP contribution in [0.4, 0.5) is 0 Å². The standard InChI is InChI=1S/C11H20O3/c1-9(11(12)13)5-2-3-6-10-7-4-8-14-10/h9-10H,2-8H2,1H3,(H,12,13). The van der Waals surface area contributed by atoms with Gasteiger partial charge in [-0.05, 0) is 25.7 Å². The SMILES string of the molecule is CC(CCCCC1CCCO1)C(=O)O. The second-order valence-electron chi connectivity index (χ2n) is 4.16. The van der Waals surface area contributed by atoms with E-state index in [9.17, 15) is 4.79 Å². The maximum Gasteiger partial charge on any atom is 0.306 e.